The number of pyridine rings is 1. The third-order valence-electron chi connectivity index (χ3n) is 4.56. The minimum Gasteiger partial charge on any atom is -0.356 e. The number of carbonyl (C=O) groups is 1. The molecular formula is C17H24N4O3S. The van der Waals surface area contributed by atoms with Crippen molar-refractivity contribution in [3.8, 4) is 0 Å². The van der Waals surface area contributed by atoms with Gasteiger partial charge in [0.05, 0.1) is 11.9 Å². The molecule has 1 saturated heterocycles. The Morgan fingerprint density at radius 1 is 1.40 bits per heavy atom. The van der Waals surface area contributed by atoms with Gasteiger partial charge in [0.25, 0.3) is 0 Å². The molecule has 136 valence electrons. The second-order valence-electron chi connectivity index (χ2n) is 6.63. The molecule has 0 bridgehead atoms. The first-order valence-corrected chi connectivity index (χ1v) is 10.4. The average Bonchev–Trinajstić information content (AvgIpc) is 3.00. The Kier molecular flexibility index (Phi) is 5.39. The molecule has 7 nitrogen and oxygen atoms in total. The van der Waals surface area contributed by atoms with Gasteiger partial charge in [0.2, 0.25) is 15.9 Å². The van der Waals surface area contributed by atoms with E-state index in [0.29, 0.717) is 32.5 Å². The van der Waals surface area contributed by atoms with E-state index in [1.807, 2.05) is 35.0 Å². The number of hydrogen-bond donors (Lipinski definition) is 1. The molecule has 25 heavy (non-hydrogen) atoms. The van der Waals surface area contributed by atoms with Crippen LogP contribution in [0.5, 0.6) is 0 Å². The second-order valence-corrected chi connectivity index (χ2v) is 8.61. The van der Waals surface area contributed by atoms with Crippen molar-refractivity contribution in [1.82, 2.24) is 19.0 Å². The highest BCUT2D eigenvalue weighted by Gasteiger charge is 2.25. The molecule has 1 aliphatic heterocycles. The number of rotatable bonds is 6. The quantitative estimate of drug-likeness (QED) is 0.831. The summed E-state index contributed by atoms with van der Waals surface area (Å²) >= 11 is 0. The van der Waals surface area contributed by atoms with Gasteiger partial charge in [0.15, 0.2) is 0 Å². The number of amides is 1. The normalized spacial score (nSPS) is 19.2. The zero-order chi connectivity index (χ0) is 17.9. The molecule has 3 heterocycles. The fraction of sp³-hybridized carbons (Fsp3) is 0.529. The molecule has 0 radical (unpaired) electrons. The predicted octanol–water partition coefficient (Wildman–Crippen LogP) is 1.05. The summed E-state index contributed by atoms with van der Waals surface area (Å²) in [6, 6.07) is 5.80. The minimum atomic E-state index is -3.15. The molecule has 1 aliphatic rings. The number of nitrogens with one attached hydrogen (secondary N) is 1. The van der Waals surface area contributed by atoms with Gasteiger partial charge in [-0.25, -0.2) is 17.7 Å². The van der Waals surface area contributed by atoms with E-state index in [9.17, 15) is 13.2 Å². The van der Waals surface area contributed by atoms with Crippen LogP contribution in [0.1, 0.15) is 25.0 Å². The summed E-state index contributed by atoms with van der Waals surface area (Å²) in [4.78, 5) is 16.6. The van der Waals surface area contributed by atoms with Gasteiger partial charge in [-0.1, -0.05) is 6.07 Å². The number of hydrogen-bond acceptors (Lipinski definition) is 4. The zero-order valence-electron chi connectivity index (χ0n) is 14.4. The first-order valence-electron chi connectivity index (χ1n) is 8.56. The Bertz CT molecular complexity index is 813. The second kappa shape index (κ2) is 7.53. The van der Waals surface area contributed by atoms with Crippen molar-refractivity contribution < 1.29 is 13.2 Å². The van der Waals surface area contributed by atoms with Crippen molar-refractivity contribution in [2.45, 2.75) is 25.7 Å². The van der Waals surface area contributed by atoms with Crippen molar-refractivity contribution in [3.63, 3.8) is 0 Å². The van der Waals surface area contributed by atoms with Gasteiger partial charge >= 0.3 is 0 Å². The molecule has 1 fully saturated rings. The highest BCUT2D eigenvalue weighted by Crippen LogP contribution is 2.18. The lowest BCUT2D eigenvalue weighted by molar-refractivity contribution is -0.121. The third kappa shape index (κ3) is 4.79. The topological polar surface area (TPSA) is 83.8 Å². The van der Waals surface area contributed by atoms with Crippen molar-refractivity contribution in [3.05, 3.63) is 36.3 Å². The zero-order valence-corrected chi connectivity index (χ0v) is 15.2. The first-order chi connectivity index (χ1) is 11.9. The van der Waals surface area contributed by atoms with Crippen LogP contribution in [0.15, 0.2) is 30.6 Å². The van der Waals surface area contributed by atoms with Crippen LogP contribution >= 0.6 is 0 Å². The molecule has 8 heteroatoms. The fourth-order valence-electron chi connectivity index (χ4n) is 3.19. The van der Waals surface area contributed by atoms with Gasteiger partial charge in [0, 0.05) is 38.4 Å². The maximum absolute atomic E-state index is 12.1. The van der Waals surface area contributed by atoms with Crippen molar-refractivity contribution in [1.29, 1.82) is 0 Å². The van der Waals surface area contributed by atoms with Crippen molar-refractivity contribution in [2.75, 3.05) is 25.9 Å². The number of nitrogens with zero attached hydrogens (tertiary/aromatic N) is 3. The molecule has 3 rings (SSSR count). The van der Waals surface area contributed by atoms with Crippen LogP contribution < -0.4 is 5.32 Å². The summed E-state index contributed by atoms with van der Waals surface area (Å²) in [6.07, 6.45) is 7.87. The van der Waals surface area contributed by atoms with Gasteiger partial charge in [-0.2, -0.15) is 0 Å². The van der Waals surface area contributed by atoms with Crippen molar-refractivity contribution >= 4 is 21.6 Å². The summed E-state index contributed by atoms with van der Waals surface area (Å²) in [7, 11) is -3.15. The number of fused-ring (bicyclic) bond motifs is 1. The third-order valence-corrected chi connectivity index (χ3v) is 5.83. The Hall–Kier alpha value is -1.93. The Morgan fingerprint density at radius 2 is 2.24 bits per heavy atom. The summed E-state index contributed by atoms with van der Waals surface area (Å²) in [5.41, 5.74) is 1.77. The van der Waals surface area contributed by atoms with E-state index in [1.54, 1.807) is 0 Å². The molecule has 2 aromatic heterocycles. The molecule has 0 saturated carbocycles. The van der Waals surface area contributed by atoms with Gasteiger partial charge in [-0.3, -0.25) is 4.79 Å². The lowest BCUT2D eigenvalue weighted by atomic mass is 9.99. The number of aryl methyl sites for hydroxylation is 1. The molecule has 0 aromatic carbocycles. The molecular weight excluding hydrogens is 340 g/mol. The van der Waals surface area contributed by atoms with E-state index >= 15 is 0 Å². The van der Waals surface area contributed by atoms with Gasteiger partial charge in [0.1, 0.15) is 5.65 Å². The molecule has 1 unspecified atom stereocenters. The van der Waals surface area contributed by atoms with Gasteiger partial charge in [-0.15, -0.1) is 0 Å². The average molecular weight is 364 g/mol. The SMILES string of the molecule is CS(=O)(=O)N1CCCC(CNC(=O)CCc2cn3ccccc3n2)C1. The van der Waals surface area contributed by atoms with Crippen LogP contribution in [0.3, 0.4) is 0 Å². The minimum absolute atomic E-state index is 0.0199. The van der Waals surface area contributed by atoms with Crippen LogP contribution in [0.2, 0.25) is 0 Å². The van der Waals surface area contributed by atoms with E-state index in [4.69, 9.17) is 0 Å². The Labute approximate surface area is 148 Å². The van der Waals surface area contributed by atoms with Crippen LogP contribution in [0, 0.1) is 5.92 Å². The van der Waals surface area contributed by atoms with Crippen LogP contribution in [0.4, 0.5) is 0 Å². The maximum atomic E-state index is 12.1. The Balaban J connectivity index is 1.45. The van der Waals surface area contributed by atoms with Gasteiger partial charge < -0.3 is 9.72 Å². The van der Waals surface area contributed by atoms with E-state index in [2.05, 4.69) is 10.3 Å². The van der Waals surface area contributed by atoms with Crippen LogP contribution in [0.25, 0.3) is 5.65 Å². The molecule has 1 amide bonds. The smallest absolute Gasteiger partial charge is 0.220 e. The maximum Gasteiger partial charge on any atom is 0.220 e. The van der Waals surface area contributed by atoms with Crippen LogP contribution in [-0.2, 0) is 21.2 Å². The standard InChI is InChI=1S/C17H24N4O3S/c1-25(23,24)21-10-4-5-14(12-21)11-18-17(22)8-7-15-13-20-9-3-2-6-16(20)19-15/h2-3,6,9,13-14H,4-5,7-8,10-12H2,1H3,(H,18,22). The monoisotopic (exact) mass is 364 g/mol. The predicted molar refractivity (Wildman–Crippen MR) is 95.7 cm³/mol. The van der Waals surface area contributed by atoms with Crippen LogP contribution in [-0.4, -0.2) is 53.9 Å². The van der Waals surface area contributed by atoms with E-state index in [0.717, 1.165) is 24.2 Å². The molecule has 0 spiro atoms. The molecule has 2 aromatic rings. The highest BCUT2D eigenvalue weighted by atomic mass is 32.2. The first kappa shape index (κ1) is 17.9. The van der Waals surface area contributed by atoms with Gasteiger partial charge in [-0.05, 0) is 37.3 Å². The van der Waals surface area contributed by atoms with E-state index < -0.39 is 10.0 Å². The molecule has 0 aliphatic carbocycles. The van der Waals surface area contributed by atoms with E-state index in [-0.39, 0.29) is 11.8 Å². The summed E-state index contributed by atoms with van der Waals surface area (Å²) in [6.45, 7) is 1.60. The lowest BCUT2D eigenvalue weighted by Gasteiger charge is -2.30. The number of carbonyl (C=O) groups excluding carboxylic acids is 1. The summed E-state index contributed by atoms with van der Waals surface area (Å²) in [5, 5.41) is 2.93. The number of sulfonamides is 1. The molecule has 1 atom stereocenters. The van der Waals surface area contributed by atoms with Crippen molar-refractivity contribution in [2.24, 2.45) is 5.92 Å². The van der Waals surface area contributed by atoms with E-state index in [1.165, 1.54) is 10.6 Å². The number of aromatic nitrogens is 2. The highest BCUT2D eigenvalue weighted by molar-refractivity contribution is 7.88. The number of piperidine rings is 1. The fourth-order valence-corrected chi connectivity index (χ4v) is 4.13. The molecule has 1 N–H and O–H groups in total. The lowest BCUT2D eigenvalue weighted by Crippen LogP contribution is -2.43. The summed E-state index contributed by atoms with van der Waals surface area (Å²) < 4.78 is 26.7. The number of imidazole rings is 1. The largest absolute Gasteiger partial charge is 0.356 e. The Morgan fingerprint density at radius 3 is 3.00 bits per heavy atom. The summed E-state index contributed by atoms with van der Waals surface area (Å²) in [5.74, 6) is 0.163.